The van der Waals surface area contributed by atoms with Crippen molar-refractivity contribution in [3.05, 3.63) is 39.9 Å². The maximum atomic E-state index is 12.4. The molecule has 3 aliphatic rings. The molecule has 0 aromatic heterocycles. The molecule has 0 radical (unpaired) electrons. The van der Waals surface area contributed by atoms with E-state index in [2.05, 4.69) is 22.8 Å². The van der Waals surface area contributed by atoms with E-state index in [1.54, 1.807) is 0 Å². The van der Waals surface area contributed by atoms with E-state index in [1.165, 1.54) is 24.8 Å². The van der Waals surface area contributed by atoms with E-state index >= 15 is 0 Å². The monoisotopic (exact) mass is 406 g/mol. The van der Waals surface area contributed by atoms with Gasteiger partial charge in [-0.2, -0.15) is 0 Å². The summed E-state index contributed by atoms with van der Waals surface area (Å²) in [5.74, 6) is 0.995. The summed E-state index contributed by atoms with van der Waals surface area (Å²) in [5.41, 5.74) is 2.55. The van der Waals surface area contributed by atoms with E-state index in [-0.39, 0.29) is 5.54 Å². The number of piperidine rings is 1. The molecule has 1 saturated carbocycles. The summed E-state index contributed by atoms with van der Waals surface area (Å²) in [5, 5.41) is 1.20. The van der Waals surface area contributed by atoms with Crippen LogP contribution in [-0.4, -0.2) is 46.9 Å². The highest BCUT2D eigenvalue weighted by atomic mass is 35.5. The second kappa shape index (κ2) is 7.42. The van der Waals surface area contributed by atoms with Crippen LogP contribution >= 0.6 is 23.2 Å². The van der Waals surface area contributed by atoms with Crippen LogP contribution in [0.4, 0.5) is 0 Å². The molecule has 0 N–H and O–H groups in total. The Morgan fingerprint density at radius 1 is 1.30 bits per heavy atom. The smallest absolute Gasteiger partial charge is 0.223 e. The third-order valence-corrected chi connectivity index (χ3v) is 7.65. The summed E-state index contributed by atoms with van der Waals surface area (Å²) in [4.78, 5) is 17.2. The van der Waals surface area contributed by atoms with Gasteiger partial charge in [0.25, 0.3) is 0 Å². The minimum absolute atomic E-state index is 0.199. The van der Waals surface area contributed by atoms with Crippen LogP contribution in [0.25, 0.3) is 5.57 Å². The van der Waals surface area contributed by atoms with Crippen molar-refractivity contribution in [1.82, 2.24) is 9.80 Å². The Morgan fingerprint density at radius 3 is 2.85 bits per heavy atom. The molecule has 1 aromatic rings. The van der Waals surface area contributed by atoms with Gasteiger partial charge in [0.2, 0.25) is 5.91 Å². The van der Waals surface area contributed by atoms with Gasteiger partial charge in [0.05, 0.1) is 21.6 Å². The number of halogens is 2. The predicted octanol–water partition coefficient (Wildman–Crippen LogP) is 5.26. The van der Waals surface area contributed by atoms with Gasteiger partial charge in [-0.05, 0) is 55.4 Å². The van der Waals surface area contributed by atoms with Crippen molar-refractivity contribution in [2.75, 3.05) is 19.6 Å². The van der Waals surface area contributed by atoms with Crippen molar-refractivity contribution in [2.45, 2.75) is 57.5 Å². The number of carbonyl (C=O) groups excluding carboxylic acids is 1. The van der Waals surface area contributed by atoms with Crippen molar-refractivity contribution < 1.29 is 4.79 Å². The minimum atomic E-state index is 0.199. The first-order chi connectivity index (χ1) is 13.0. The van der Waals surface area contributed by atoms with Crippen molar-refractivity contribution in [3.8, 4) is 0 Å². The van der Waals surface area contributed by atoms with Crippen LogP contribution in [0.3, 0.4) is 0 Å². The summed E-state index contributed by atoms with van der Waals surface area (Å²) < 4.78 is 0. The Kier molecular flexibility index (Phi) is 5.30. The molecular weight excluding hydrogens is 379 g/mol. The van der Waals surface area contributed by atoms with E-state index in [1.807, 2.05) is 25.1 Å². The number of nitrogens with zero attached hydrogens (tertiary/aromatic N) is 2. The molecule has 1 aliphatic carbocycles. The molecule has 0 bridgehead atoms. The highest BCUT2D eigenvalue weighted by Gasteiger charge is 2.69. The molecule has 1 amide bonds. The van der Waals surface area contributed by atoms with Gasteiger partial charge in [0.1, 0.15) is 0 Å². The molecule has 3 unspecified atom stereocenters. The van der Waals surface area contributed by atoms with E-state index in [0.717, 1.165) is 31.6 Å². The molecule has 2 aliphatic heterocycles. The molecule has 1 spiro atoms. The van der Waals surface area contributed by atoms with Crippen LogP contribution < -0.4 is 0 Å². The predicted molar refractivity (Wildman–Crippen MR) is 112 cm³/mol. The number of allylic oxidation sites excluding steroid dienone is 1. The Balaban J connectivity index is 1.41. The van der Waals surface area contributed by atoms with Crippen LogP contribution in [0.2, 0.25) is 10.0 Å². The van der Waals surface area contributed by atoms with Crippen LogP contribution in [0.15, 0.2) is 24.3 Å². The topological polar surface area (TPSA) is 23.3 Å². The van der Waals surface area contributed by atoms with Gasteiger partial charge >= 0.3 is 0 Å². The highest BCUT2D eigenvalue weighted by molar-refractivity contribution is 6.42. The number of likely N-dealkylation sites (tertiary alicyclic amines) is 2. The van der Waals surface area contributed by atoms with Gasteiger partial charge in [-0.1, -0.05) is 48.7 Å². The van der Waals surface area contributed by atoms with Gasteiger partial charge in [0.15, 0.2) is 0 Å². The number of amides is 1. The standard InChI is InChI=1S/C22H28Cl2N2O/c1-3-21(27)26-20-6-4-5-17-14-25(12-10-22(17,20)26)11-9-15(2)16-7-8-18(23)19(24)13-16/h7-9,13,17,20H,3-6,10-12,14H2,1-2H3/b15-9+. The Bertz CT molecular complexity index is 778. The highest BCUT2D eigenvalue weighted by Crippen LogP contribution is 2.58. The first-order valence-corrected chi connectivity index (χ1v) is 10.9. The fraction of sp³-hybridized carbons (Fsp3) is 0.591. The Morgan fingerprint density at radius 2 is 2.11 bits per heavy atom. The zero-order chi connectivity index (χ0) is 19.2. The fourth-order valence-electron chi connectivity index (χ4n) is 5.41. The molecule has 3 nitrogen and oxygen atoms in total. The zero-order valence-corrected chi connectivity index (χ0v) is 17.7. The average Bonchev–Trinajstić information content (AvgIpc) is 3.34. The lowest BCUT2D eigenvalue weighted by Gasteiger charge is -2.40. The van der Waals surface area contributed by atoms with Crippen LogP contribution in [0, 0.1) is 5.92 Å². The molecule has 2 heterocycles. The quantitative estimate of drug-likeness (QED) is 0.636. The molecule has 2 saturated heterocycles. The summed E-state index contributed by atoms with van der Waals surface area (Å²) in [6.45, 7) is 7.25. The van der Waals surface area contributed by atoms with Crippen molar-refractivity contribution in [1.29, 1.82) is 0 Å². The van der Waals surface area contributed by atoms with E-state index in [4.69, 9.17) is 23.2 Å². The summed E-state index contributed by atoms with van der Waals surface area (Å²) in [7, 11) is 0. The van der Waals surface area contributed by atoms with Gasteiger partial charge < -0.3 is 4.90 Å². The minimum Gasteiger partial charge on any atom is -0.329 e. The van der Waals surface area contributed by atoms with Crippen molar-refractivity contribution in [2.24, 2.45) is 5.92 Å². The van der Waals surface area contributed by atoms with E-state index in [0.29, 0.717) is 34.3 Å². The molecule has 146 valence electrons. The summed E-state index contributed by atoms with van der Waals surface area (Å²) >= 11 is 12.2. The zero-order valence-electron chi connectivity index (χ0n) is 16.2. The lowest BCUT2D eigenvalue weighted by molar-refractivity contribution is -0.127. The number of benzene rings is 1. The molecule has 3 fully saturated rings. The normalized spacial score (nSPS) is 30.7. The number of hydrogen-bond donors (Lipinski definition) is 0. The molecule has 4 rings (SSSR count). The lowest BCUT2D eigenvalue weighted by atomic mass is 9.74. The third-order valence-electron chi connectivity index (χ3n) is 6.92. The van der Waals surface area contributed by atoms with Gasteiger partial charge in [0, 0.05) is 26.1 Å². The average molecular weight is 407 g/mol. The largest absolute Gasteiger partial charge is 0.329 e. The van der Waals surface area contributed by atoms with Gasteiger partial charge in [-0.3, -0.25) is 9.69 Å². The Hall–Kier alpha value is -1.03. The molecule has 27 heavy (non-hydrogen) atoms. The van der Waals surface area contributed by atoms with Crippen LogP contribution in [0.1, 0.15) is 51.5 Å². The molecule has 3 atom stereocenters. The molecule has 5 heteroatoms. The van der Waals surface area contributed by atoms with Crippen LogP contribution in [0.5, 0.6) is 0 Å². The SMILES string of the molecule is CCC(=O)N1C2CCCC3CN(C/C=C(\C)c4ccc(Cl)c(Cl)c4)CCC321. The summed E-state index contributed by atoms with van der Waals surface area (Å²) in [6.07, 6.45) is 7.79. The lowest BCUT2D eigenvalue weighted by Crippen LogP contribution is -2.49. The van der Waals surface area contributed by atoms with Crippen molar-refractivity contribution in [3.63, 3.8) is 0 Å². The Labute approximate surface area is 172 Å². The maximum absolute atomic E-state index is 12.4. The second-order valence-electron chi connectivity index (χ2n) is 8.28. The van der Waals surface area contributed by atoms with Gasteiger partial charge in [-0.15, -0.1) is 0 Å². The van der Waals surface area contributed by atoms with Crippen LogP contribution in [-0.2, 0) is 4.79 Å². The first-order valence-electron chi connectivity index (χ1n) is 10.1. The fourth-order valence-corrected chi connectivity index (χ4v) is 5.71. The van der Waals surface area contributed by atoms with E-state index < -0.39 is 0 Å². The second-order valence-corrected chi connectivity index (χ2v) is 9.09. The number of carbonyl (C=O) groups is 1. The maximum Gasteiger partial charge on any atom is 0.223 e. The number of rotatable bonds is 4. The van der Waals surface area contributed by atoms with Gasteiger partial charge in [-0.25, -0.2) is 0 Å². The molecule has 1 aromatic carbocycles. The van der Waals surface area contributed by atoms with Crippen molar-refractivity contribution >= 4 is 34.7 Å². The third kappa shape index (κ3) is 3.32. The summed E-state index contributed by atoms with van der Waals surface area (Å²) in [6, 6.07) is 6.34. The molecular formula is C22H28Cl2N2O. The first kappa shape index (κ1) is 19.3. The van der Waals surface area contributed by atoms with E-state index in [9.17, 15) is 4.79 Å². The number of hydrogen-bond acceptors (Lipinski definition) is 2.